The molecule has 0 radical (unpaired) electrons. The van der Waals surface area contributed by atoms with E-state index in [1.807, 2.05) is 46.8 Å². The second-order valence-corrected chi connectivity index (χ2v) is 10.2. The number of nitrogens with zero attached hydrogens (tertiary/aromatic N) is 2. The molecule has 0 bridgehead atoms. The number of benzene rings is 2. The van der Waals surface area contributed by atoms with Crippen molar-refractivity contribution in [1.29, 1.82) is 0 Å². The Morgan fingerprint density at radius 3 is 2.31 bits per heavy atom. The lowest BCUT2D eigenvalue weighted by atomic mass is 9.94. The number of amides is 2. The Hall–Kier alpha value is -4.41. The second kappa shape index (κ2) is 10.4. The van der Waals surface area contributed by atoms with Crippen LogP contribution in [0.15, 0.2) is 53.2 Å². The van der Waals surface area contributed by atoms with Gasteiger partial charge in [-0.15, -0.1) is 0 Å². The Balaban J connectivity index is 1.56. The molecule has 11 heteroatoms. The molecule has 0 aliphatic heterocycles. The molecule has 8 nitrogen and oxygen atoms in total. The third kappa shape index (κ3) is 6.02. The van der Waals surface area contributed by atoms with Crippen LogP contribution < -0.4 is 16.0 Å². The van der Waals surface area contributed by atoms with Crippen LogP contribution in [0, 0.1) is 19.3 Å². The maximum absolute atomic E-state index is 13.4. The molecule has 204 valence electrons. The Morgan fingerprint density at radius 1 is 0.974 bits per heavy atom. The van der Waals surface area contributed by atoms with E-state index < -0.39 is 17.2 Å². The number of carbonyl (C=O) groups is 2. The number of carbonyl (C=O) groups excluding carboxylic acids is 2. The molecule has 2 aromatic heterocycles. The summed E-state index contributed by atoms with van der Waals surface area (Å²) in [5, 5.41) is 12.6. The fraction of sp³-hybridized carbons (Fsp3) is 0.286. The van der Waals surface area contributed by atoms with Crippen molar-refractivity contribution >= 4 is 40.1 Å². The Kier molecular flexibility index (Phi) is 7.36. The van der Waals surface area contributed by atoms with Crippen molar-refractivity contribution < 1.29 is 27.3 Å². The molecule has 2 aromatic carbocycles. The van der Waals surface area contributed by atoms with Crippen LogP contribution in [0.4, 0.5) is 30.4 Å². The van der Waals surface area contributed by atoms with E-state index in [0.717, 1.165) is 28.8 Å². The highest BCUT2D eigenvalue weighted by Crippen LogP contribution is 2.32. The van der Waals surface area contributed by atoms with E-state index in [9.17, 15) is 22.8 Å². The highest BCUT2D eigenvalue weighted by molar-refractivity contribution is 6.10. The zero-order valence-corrected chi connectivity index (χ0v) is 22.1. The summed E-state index contributed by atoms with van der Waals surface area (Å²) < 4.78 is 44.0. The van der Waals surface area contributed by atoms with Crippen LogP contribution in [-0.4, -0.2) is 22.0 Å². The fourth-order valence-electron chi connectivity index (χ4n) is 3.96. The minimum atomic E-state index is -4.44. The molecular weight excluding hydrogens is 511 g/mol. The predicted molar refractivity (Wildman–Crippen MR) is 142 cm³/mol. The molecule has 4 rings (SSSR count). The zero-order chi connectivity index (χ0) is 28.5. The largest absolute Gasteiger partial charge is 0.416 e. The summed E-state index contributed by atoms with van der Waals surface area (Å²) >= 11 is 0. The lowest BCUT2D eigenvalue weighted by Crippen LogP contribution is -2.34. The van der Waals surface area contributed by atoms with Crippen LogP contribution in [0.2, 0.25) is 0 Å². The number of hydrogen-bond acceptors (Lipinski definition) is 6. The quantitative estimate of drug-likeness (QED) is 0.258. The Labute approximate surface area is 223 Å². The third-order valence-corrected chi connectivity index (χ3v) is 6.21. The number of rotatable bonds is 6. The molecule has 0 saturated heterocycles. The molecule has 0 aliphatic carbocycles. The van der Waals surface area contributed by atoms with Gasteiger partial charge in [0.2, 0.25) is 17.3 Å². The molecule has 4 aromatic rings. The first kappa shape index (κ1) is 27.6. The second-order valence-electron chi connectivity index (χ2n) is 10.2. The molecule has 3 N–H and O–H groups in total. The number of pyridine rings is 1. The topological polar surface area (TPSA) is 109 Å². The summed E-state index contributed by atoms with van der Waals surface area (Å²) in [5.74, 6) is -0.293. The maximum Gasteiger partial charge on any atom is 0.416 e. The van der Waals surface area contributed by atoms with Crippen LogP contribution in [0.25, 0.3) is 11.1 Å². The highest BCUT2D eigenvalue weighted by atomic mass is 19.4. The Morgan fingerprint density at radius 2 is 1.67 bits per heavy atom. The highest BCUT2D eigenvalue weighted by Gasteiger charge is 2.30. The number of aromatic nitrogens is 2. The molecule has 0 fully saturated rings. The van der Waals surface area contributed by atoms with E-state index in [1.165, 1.54) is 18.3 Å². The number of fused-ring (bicyclic) bond motifs is 1. The first-order chi connectivity index (χ1) is 18.3. The minimum Gasteiger partial charge on any atom is -0.352 e. The monoisotopic (exact) mass is 539 g/mol. The normalized spacial score (nSPS) is 11.9. The molecule has 2 amide bonds. The average Bonchev–Trinajstić information content (AvgIpc) is 3.26. The first-order valence-corrected chi connectivity index (χ1v) is 12.1. The standard InChI is InChI=1S/C28H28F3N5O3/c1-15-6-7-17(14-33-26(38)27(3,4)5)16(2)21(15)25(37)35-20-12-13-32-22-23(20)39-36-24(22)34-19-10-8-18(9-11-19)28(29,30)31/h6-13H,14H2,1-5H3,(H,33,38)(H,34,36)(H,32,35,37). The summed E-state index contributed by atoms with van der Waals surface area (Å²) in [7, 11) is 0. The SMILES string of the molecule is Cc1ccc(CNC(=O)C(C)(C)C)c(C)c1C(=O)Nc1ccnc2c(Nc3ccc(C(F)(F)F)cc3)noc12. The van der Waals surface area contributed by atoms with Gasteiger partial charge >= 0.3 is 6.18 Å². The lowest BCUT2D eigenvalue weighted by Gasteiger charge is -2.19. The van der Waals surface area contributed by atoms with Gasteiger partial charge in [-0.05, 0) is 60.9 Å². The number of hydrogen-bond donors (Lipinski definition) is 3. The molecular formula is C28H28F3N5O3. The average molecular weight is 540 g/mol. The third-order valence-electron chi connectivity index (χ3n) is 6.21. The van der Waals surface area contributed by atoms with Gasteiger partial charge in [0.15, 0.2) is 5.52 Å². The van der Waals surface area contributed by atoms with Gasteiger partial charge in [0.1, 0.15) is 0 Å². The number of anilines is 3. The smallest absolute Gasteiger partial charge is 0.352 e. The van der Waals surface area contributed by atoms with Gasteiger partial charge in [-0.1, -0.05) is 38.1 Å². The fourth-order valence-corrected chi connectivity index (χ4v) is 3.96. The van der Waals surface area contributed by atoms with E-state index >= 15 is 0 Å². The minimum absolute atomic E-state index is 0.0984. The summed E-state index contributed by atoms with van der Waals surface area (Å²) in [4.78, 5) is 29.9. The number of aryl methyl sites for hydroxylation is 1. The summed E-state index contributed by atoms with van der Waals surface area (Å²) in [6, 6.07) is 9.72. The molecule has 0 spiro atoms. The van der Waals surface area contributed by atoms with Gasteiger partial charge < -0.3 is 20.5 Å². The molecule has 0 atom stereocenters. The van der Waals surface area contributed by atoms with Gasteiger partial charge in [-0.3, -0.25) is 9.59 Å². The number of nitrogens with one attached hydrogen (secondary N) is 3. The van der Waals surface area contributed by atoms with E-state index in [-0.39, 0.29) is 29.8 Å². The van der Waals surface area contributed by atoms with Gasteiger partial charge in [-0.25, -0.2) is 4.98 Å². The van der Waals surface area contributed by atoms with Gasteiger partial charge in [-0.2, -0.15) is 13.2 Å². The molecule has 0 saturated carbocycles. The Bertz CT molecular complexity index is 1540. The lowest BCUT2D eigenvalue weighted by molar-refractivity contribution is -0.137. The van der Waals surface area contributed by atoms with Crippen molar-refractivity contribution in [3.63, 3.8) is 0 Å². The van der Waals surface area contributed by atoms with Crippen LogP contribution in [-0.2, 0) is 17.5 Å². The summed E-state index contributed by atoms with van der Waals surface area (Å²) in [6.07, 6.45) is -2.98. The van der Waals surface area contributed by atoms with Crippen molar-refractivity contribution in [2.24, 2.45) is 5.41 Å². The molecule has 0 unspecified atom stereocenters. The van der Waals surface area contributed by atoms with Crippen molar-refractivity contribution in [2.75, 3.05) is 10.6 Å². The van der Waals surface area contributed by atoms with Crippen LogP contribution in [0.3, 0.4) is 0 Å². The van der Waals surface area contributed by atoms with Crippen molar-refractivity contribution in [1.82, 2.24) is 15.5 Å². The van der Waals surface area contributed by atoms with E-state index in [4.69, 9.17) is 4.52 Å². The molecule has 0 aliphatic rings. The van der Waals surface area contributed by atoms with Crippen molar-refractivity contribution in [2.45, 2.75) is 47.3 Å². The van der Waals surface area contributed by atoms with Crippen LogP contribution >= 0.6 is 0 Å². The first-order valence-electron chi connectivity index (χ1n) is 12.1. The summed E-state index contributed by atoms with van der Waals surface area (Å²) in [5.41, 5.74) is 2.62. The van der Waals surface area contributed by atoms with Crippen LogP contribution in [0.1, 0.15) is 53.4 Å². The van der Waals surface area contributed by atoms with E-state index in [1.54, 1.807) is 6.07 Å². The summed E-state index contributed by atoms with van der Waals surface area (Å²) in [6.45, 7) is 9.40. The number of alkyl halides is 3. The maximum atomic E-state index is 13.4. The van der Waals surface area contributed by atoms with Gasteiger partial charge in [0, 0.05) is 29.4 Å². The number of halogens is 3. The van der Waals surface area contributed by atoms with Gasteiger partial charge in [0.25, 0.3) is 5.91 Å². The zero-order valence-electron chi connectivity index (χ0n) is 22.1. The molecule has 2 heterocycles. The van der Waals surface area contributed by atoms with E-state index in [2.05, 4.69) is 26.1 Å². The van der Waals surface area contributed by atoms with Crippen LogP contribution in [0.5, 0.6) is 0 Å². The predicted octanol–water partition coefficient (Wildman–Crippen LogP) is 6.52. The van der Waals surface area contributed by atoms with Crippen molar-refractivity contribution in [3.05, 3.63) is 76.5 Å². The van der Waals surface area contributed by atoms with Crippen molar-refractivity contribution in [3.8, 4) is 0 Å². The van der Waals surface area contributed by atoms with Gasteiger partial charge in [0.05, 0.1) is 11.3 Å². The van der Waals surface area contributed by atoms with E-state index in [0.29, 0.717) is 22.5 Å². The molecule has 39 heavy (non-hydrogen) atoms.